The third kappa shape index (κ3) is 3.53. The van der Waals surface area contributed by atoms with Crippen LogP contribution >= 0.6 is 11.8 Å². The van der Waals surface area contributed by atoms with Crippen molar-refractivity contribution in [1.82, 2.24) is 30.0 Å². The fourth-order valence-electron chi connectivity index (χ4n) is 3.65. The third-order valence-corrected chi connectivity index (χ3v) is 5.56. The van der Waals surface area contributed by atoms with Gasteiger partial charge in [-0.05, 0) is 31.7 Å². The van der Waals surface area contributed by atoms with Crippen LogP contribution in [0.2, 0.25) is 0 Å². The van der Waals surface area contributed by atoms with Gasteiger partial charge in [0.1, 0.15) is 5.82 Å². The van der Waals surface area contributed by atoms with E-state index in [1.165, 1.54) is 5.56 Å². The van der Waals surface area contributed by atoms with Crippen molar-refractivity contribution < 1.29 is 4.79 Å². The molecule has 1 N–H and O–H groups in total. The number of nitrogens with zero attached hydrogens (tertiary/aromatic N) is 6. The molecule has 0 radical (unpaired) electrons. The molecule has 2 aromatic heterocycles. The standard InChI is InChI=1S/C18H25N7OS/c1-23(2)17(26)14-9-12-11-24(7-4-8-25(12)22-14)16-13-5-6-19-10-15(13)20-18(21-16)27-3/h9,19H,4-8,10-11H2,1-3H3. The van der Waals surface area contributed by atoms with Crippen LogP contribution in [0.1, 0.15) is 33.9 Å². The lowest BCUT2D eigenvalue weighted by molar-refractivity contribution is 0.0821. The van der Waals surface area contributed by atoms with Crippen LogP contribution in [0.4, 0.5) is 5.82 Å². The summed E-state index contributed by atoms with van der Waals surface area (Å²) in [5.74, 6) is 0.985. The van der Waals surface area contributed by atoms with E-state index in [2.05, 4.69) is 15.3 Å². The van der Waals surface area contributed by atoms with Crippen molar-refractivity contribution in [3.05, 3.63) is 28.7 Å². The van der Waals surface area contributed by atoms with Gasteiger partial charge in [-0.3, -0.25) is 9.48 Å². The van der Waals surface area contributed by atoms with Gasteiger partial charge in [0.25, 0.3) is 5.91 Å². The molecule has 27 heavy (non-hydrogen) atoms. The smallest absolute Gasteiger partial charge is 0.273 e. The lowest BCUT2D eigenvalue weighted by atomic mass is 10.1. The second-order valence-electron chi connectivity index (χ2n) is 7.10. The Morgan fingerprint density at radius 2 is 2.15 bits per heavy atom. The average Bonchev–Trinajstić information content (AvgIpc) is 2.97. The van der Waals surface area contributed by atoms with Crippen molar-refractivity contribution in [2.75, 3.05) is 38.3 Å². The number of aromatic nitrogens is 4. The molecule has 2 aliphatic heterocycles. The fraction of sp³-hybridized carbons (Fsp3) is 0.556. The number of anilines is 1. The number of hydrogen-bond acceptors (Lipinski definition) is 7. The molecule has 0 fully saturated rings. The van der Waals surface area contributed by atoms with Crippen LogP contribution in [-0.2, 0) is 26.1 Å². The first kappa shape index (κ1) is 18.2. The number of carbonyl (C=O) groups excluding carboxylic acids is 1. The maximum Gasteiger partial charge on any atom is 0.273 e. The van der Waals surface area contributed by atoms with E-state index >= 15 is 0 Å². The highest BCUT2D eigenvalue weighted by molar-refractivity contribution is 7.98. The molecule has 1 amide bonds. The zero-order chi connectivity index (χ0) is 19.0. The molecule has 0 aromatic carbocycles. The summed E-state index contributed by atoms with van der Waals surface area (Å²) in [5.41, 5.74) is 3.93. The maximum absolute atomic E-state index is 12.3. The quantitative estimate of drug-likeness (QED) is 0.625. The zero-order valence-electron chi connectivity index (χ0n) is 16.0. The molecule has 2 aliphatic rings. The Morgan fingerprint density at radius 1 is 1.30 bits per heavy atom. The Kier molecular flexibility index (Phi) is 5.05. The molecule has 9 heteroatoms. The fourth-order valence-corrected chi connectivity index (χ4v) is 4.03. The number of nitrogens with one attached hydrogen (secondary N) is 1. The van der Waals surface area contributed by atoms with Crippen LogP contribution in [0.5, 0.6) is 0 Å². The normalized spacial score (nSPS) is 16.5. The van der Waals surface area contributed by atoms with Crippen LogP contribution in [0.25, 0.3) is 0 Å². The number of thioether (sulfide) groups is 1. The SMILES string of the molecule is CSc1nc2c(c(N3CCCn4nc(C(=O)N(C)C)cc4C3)n1)CCNC2. The number of hydrogen-bond donors (Lipinski definition) is 1. The molecule has 0 bridgehead atoms. The molecule has 4 rings (SSSR count). The van der Waals surface area contributed by atoms with Crippen LogP contribution in [0, 0.1) is 0 Å². The van der Waals surface area contributed by atoms with Gasteiger partial charge in [-0.15, -0.1) is 0 Å². The second kappa shape index (κ2) is 7.47. The summed E-state index contributed by atoms with van der Waals surface area (Å²) in [4.78, 5) is 25.7. The lowest BCUT2D eigenvalue weighted by Crippen LogP contribution is -2.31. The van der Waals surface area contributed by atoms with Gasteiger partial charge in [-0.25, -0.2) is 9.97 Å². The minimum absolute atomic E-state index is 0.0581. The molecular formula is C18H25N7OS. The van der Waals surface area contributed by atoms with Crippen LogP contribution in [0.3, 0.4) is 0 Å². The largest absolute Gasteiger partial charge is 0.350 e. The zero-order valence-corrected chi connectivity index (χ0v) is 16.8. The van der Waals surface area contributed by atoms with Gasteiger partial charge in [0.15, 0.2) is 10.9 Å². The summed E-state index contributed by atoms with van der Waals surface area (Å²) in [6, 6.07) is 1.92. The molecule has 2 aromatic rings. The van der Waals surface area contributed by atoms with Gasteiger partial charge < -0.3 is 15.1 Å². The topological polar surface area (TPSA) is 79.2 Å². The Bertz CT molecular complexity index is 864. The monoisotopic (exact) mass is 387 g/mol. The van der Waals surface area contributed by atoms with Gasteiger partial charge in [-0.2, -0.15) is 5.10 Å². The van der Waals surface area contributed by atoms with E-state index in [0.717, 1.165) is 61.4 Å². The highest BCUT2D eigenvalue weighted by Crippen LogP contribution is 2.29. The van der Waals surface area contributed by atoms with Gasteiger partial charge in [0.2, 0.25) is 0 Å². The molecule has 8 nitrogen and oxygen atoms in total. The molecule has 0 unspecified atom stereocenters. The number of fused-ring (bicyclic) bond motifs is 2. The first-order valence-electron chi connectivity index (χ1n) is 9.24. The Morgan fingerprint density at radius 3 is 2.93 bits per heavy atom. The van der Waals surface area contributed by atoms with E-state index in [9.17, 15) is 4.79 Å². The molecule has 0 atom stereocenters. The summed E-state index contributed by atoms with van der Waals surface area (Å²) in [7, 11) is 3.51. The van der Waals surface area contributed by atoms with Crippen LogP contribution in [-0.4, -0.2) is 64.0 Å². The molecule has 0 saturated carbocycles. The molecule has 0 aliphatic carbocycles. The molecule has 144 valence electrons. The highest BCUT2D eigenvalue weighted by Gasteiger charge is 2.25. The van der Waals surface area contributed by atoms with Gasteiger partial charge >= 0.3 is 0 Å². The van der Waals surface area contributed by atoms with Crippen molar-refractivity contribution in [1.29, 1.82) is 0 Å². The van der Waals surface area contributed by atoms with Crippen molar-refractivity contribution >= 4 is 23.5 Å². The summed E-state index contributed by atoms with van der Waals surface area (Å²) >= 11 is 1.58. The summed E-state index contributed by atoms with van der Waals surface area (Å²) < 4.78 is 1.97. The average molecular weight is 388 g/mol. The third-order valence-electron chi connectivity index (χ3n) is 5.02. The van der Waals surface area contributed by atoms with Gasteiger partial charge in [0.05, 0.1) is 17.9 Å². The Labute approximate surface area is 163 Å². The first-order valence-corrected chi connectivity index (χ1v) is 10.5. The van der Waals surface area contributed by atoms with Crippen LogP contribution < -0.4 is 10.2 Å². The molecular weight excluding hydrogens is 362 g/mol. The molecule has 0 spiro atoms. The highest BCUT2D eigenvalue weighted by atomic mass is 32.2. The van der Waals surface area contributed by atoms with E-state index in [-0.39, 0.29) is 5.91 Å². The van der Waals surface area contributed by atoms with E-state index in [1.54, 1.807) is 30.8 Å². The predicted molar refractivity (Wildman–Crippen MR) is 105 cm³/mol. The number of rotatable bonds is 3. The summed E-state index contributed by atoms with van der Waals surface area (Å²) in [6.45, 7) is 4.20. The van der Waals surface area contributed by atoms with E-state index in [4.69, 9.17) is 9.97 Å². The number of carbonyl (C=O) groups is 1. The molecule has 0 saturated heterocycles. The minimum atomic E-state index is -0.0581. The van der Waals surface area contributed by atoms with Gasteiger partial charge in [0, 0.05) is 39.3 Å². The van der Waals surface area contributed by atoms with E-state index in [1.807, 2.05) is 17.0 Å². The Balaban J connectivity index is 1.69. The predicted octanol–water partition coefficient (Wildman–Crippen LogP) is 1.15. The number of amides is 1. The van der Waals surface area contributed by atoms with Crippen molar-refractivity contribution in [2.45, 2.75) is 37.6 Å². The second-order valence-corrected chi connectivity index (χ2v) is 7.88. The van der Waals surface area contributed by atoms with Crippen molar-refractivity contribution in [3.8, 4) is 0 Å². The number of aryl methyl sites for hydroxylation is 1. The van der Waals surface area contributed by atoms with Crippen molar-refractivity contribution in [3.63, 3.8) is 0 Å². The minimum Gasteiger partial charge on any atom is -0.350 e. The molecule has 4 heterocycles. The van der Waals surface area contributed by atoms with Gasteiger partial charge in [-0.1, -0.05) is 11.8 Å². The van der Waals surface area contributed by atoms with E-state index < -0.39 is 0 Å². The first-order chi connectivity index (χ1) is 13.1. The maximum atomic E-state index is 12.3. The van der Waals surface area contributed by atoms with E-state index in [0.29, 0.717) is 12.2 Å². The summed E-state index contributed by atoms with van der Waals surface area (Å²) in [5, 5.41) is 8.75. The Hall–Kier alpha value is -2.13. The summed E-state index contributed by atoms with van der Waals surface area (Å²) in [6.07, 6.45) is 3.92. The van der Waals surface area contributed by atoms with Crippen LogP contribution in [0.15, 0.2) is 11.2 Å². The van der Waals surface area contributed by atoms with Crippen molar-refractivity contribution in [2.24, 2.45) is 0 Å². The lowest BCUT2D eigenvalue weighted by Gasteiger charge is -2.27.